The molecular formula is C28H26N2O. The van der Waals surface area contributed by atoms with Gasteiger partial charge < -0.3 is 14.5 Å². The first-order valence-corrected chi connectivity index (χ1v) is 10.7. The van der Waals surface area contributed by atoms with E-state index in [1.807, 2.05) is 12.1 Å². The molecule has 154 valence electrons. The molecule has 4 aromatic carbocycles. The first-order chi connectivity index (χ1) is 15.3. The summed E-state index contributed by atoms with van der Waals surface area (Å²) in [6.45, 7) is 1.79. The van der Waals surface area contributed by atoms with Crippen LogP contribution in [-0.4, -0.2) is 20.3 Å². The number of para-hydroxylation sites is 1. The van der Waals surface area contributed by atoms with Crippen LogP contribution in [0.1, 0.15) is 11.6 Å². The molecule has 1 aliphatic rings. The van der Waals surface area contributed by atoms with Crippen molar-refractivity contribution in [2.75, 3.05) is 30.1 Å². The topological polar surface area (TPSA) is 15.7 Å². The number of hydrogen-bond acceptors (Lipinski definition) is 3. The highest BCUT2D eigenvalue weighted by atomic mass is 16.5. The third kappa shape index (κ3) is 3.99. The average Bonchev–Trinajstić information content (AvgIpc) is 3.31. The van der Waals surface area contributed by atoms with Gasteiger partial charge in [0.05, 0.1) is 19.8 Å². The summed E-state index contributed by atoms with van der Waals surface area (Å²) in [5.74, 6) is 0.881. The quantitative estimate of drug-likeness (QED) is 0.382. The summed E-state index contributed by atoms with van der Waals surface area (Å²) in [7, 11) is 1.71. The number of hydrogen-bond donors (Lipinski definition) is 0. The summed E-state index contributed by atoms with van der Waals surface area (Å²) in [6, 6.07) is 38.9. The molecule has 0 aromatic heterocycles. The van der Waals surface area contributed by atoms with E-state index in [1.165, 1.54) is 28.1 Å². The first kappa shape index (κ1) is 19.3. The Labute approximate surface area is 184 Å². The van der Waals surface area contributed by atoms with Gasteiger partial charge in [0.25, 0.3) is 0 Å². The number of ether oxygens (including phenoxy) is 1. The zero-order valence-corrected chi connectivity index (χ0v) is 17.7. The van der Waals surface area contributed by atoms with Crippen molar-refractivity contribution < 1.29 is 4.74 Å². The minimum atomic E-state index is 0.276. The van der Waals surface area contributed by atoms with E-state index in [-0.39, 0.29) is 6.04 Å². The van der Waals surface area contributed by atoms with Crippen molar-refractivity contribution in [2.24, 2.45) is 0 Å². The maximum absolute atomic E-state index is 5.36. The van der Waals surface area contributed by atoms with Crippen molar-refractivity contribution in [3.05, 3.63) is 115 Å². The molecule has 4 aromatic rings. The van der Waals surface area contributed by atoms with Crippen LogP contribution in [0.3, 0.4) is 0 Å². The molecular weight excluding hydrogens is 380 g/mol. The summed E-state index contributed by atoms with van der Waals surface area (Å²) >= 11 is 0. The maximum Gasteiger partial charge on any atom is 0.119 e. The van der Waals surface area contributed by atoms with Crippen molar-refractivity contribution in [1.29, 1.82) is 0 Å². The molecule has 1 fully saturated rings. The van der Waals surface area contributed by atoms with Crippen LogP contribution in [0.4, 0.5) is 11.4 Å². The van der Waals surface area contributed by atoms with Crippen LogP contribution in [0.5, 0.6) is 5.75 Å². The fourth-order valence-corrected chi connectivity index (χ4v) is 4.32. The summed E-state index contributed by atoms with van der Waals surface area (Å²) in [6.07, 6.45) is 0. The van der Waals surface area contributed by atoms with Gasteiger partial charge in [0.1, 0.15) is 5.75 Å². The van der Waals surface area contributed by atoms with Gasteiger partial charge in [-0.2, -0.15) is 0 Å². The summed E-state index contributed by atoms with van der Waals surface area (Å²) < 4.78 is 5.36. The summed E-state index contributed by atoms with van der Waals surface area (Å²) in [5.41, 5.74) is 6.28. The van der Waals surface area contributed by atoms with Crippen LogP contribution in [-0.2, 0) is 0 Å². The molecule has 0 radical (unpaired) electrons. The van der Waals surface area contributed by atoms with E-state index in [9.17, 15) is 0 Å². The normalized spacial score (nSPS) is 15.8. The van der Waals surface area contributed by atoms with E-state index in [0.29, 0.717) is 0 Å². The lowest BCUT2D eigenvalue weighted by Gasteiger charge is -2.26. The van der Waals surface area contributed by atoms with Gasteiger partial charge in [-0.25, -0.2) is 0 Å². The molecule has 3 heteroatoms. The van der Waals surface area contributed by atoms with E-state index >= 15 is 0 Å². The van der Waals surface area contributed by atoms with Crippen LogP contribution in [0.2, 0.25) is 0 Å². The molecule has 1 aliphatic heterocycles. The highest BCUT2D eigenvalue weighted by molar-refractivity contribution is 5.64. The molecule has 5 rings (SSSR count). The van der Waals surface area contributed by atoms with Gasteiger partial charge in [-0.1, -0.05) is 72.8 Å². The Kier molecular flexibility index (Phi) is 5.32. The lowest BCUT2D eigenvalue weighted by molar-refractivity contribution is 0.415. The highest BCUT2D eigenvalue weighted by Gasteiger charge is 2.32. The smallest absolute Gasteiger partial charge is 0.119 e. The number of nitrogens with zero attached hydrogens (tertiary/aromatic N) is 2. The second kappa shape index (κ2) is 8.57. The molecule has 1 saturated heterocycles. The molecule has 0 N–H and O–H groups in total. The summed E-state index contributed by atoms with van der Waals surface area (Å²) in [4.78, 5) is 4.92. The van der Waals surface area contributed by atoms with Crippen LogP contribution < -0.4 is 14.5 Å². The number of anilines is 2. The Balaban J connectivity index is 1.47. The standard InChI is InChI=1S/C28H26N2O/c1-31-27-18-16-26(17-19-27)30-21-29(25-10-6-3-7-11-25)20-28(30)24-14-12-23(13-15-24)22-8-4-2-5-9-22/h2-19,28H,20-21H2,1H3. The molecule has 0 spiro atoms. The van der Waals surface area contributed by atoms with E-state index in [4.69, 9.17) is 4.74 Å². The lowest BCUT2D eigenvalue weighted by atomic mass is 10.00. The molecule has 0 amide bonds. The van der Waals surface area contributed by atoms with Crippen LogP contribution >= 0.6 is 0 Å². The van der Waals surface area contributed by atoms with Gasteiger partial charge in [0, 0.05) is 17.9 Å². The Morgan fingerprint density at radius 3 is 1.90 bits per heavy atom. The SMILES string of the molecule is COc1ccc(N2CN(c3ccccc3)CC2c2ccc(-c3ccccc3)cc2)cc1. The molecule has 0 aliphatic carbocycles. The van der Waals surface area contributed by atoms with Crippen molar-refractivity contribution in [3.8, 4) is 16.9 Å². The first-order valence-electron chi connectivity index (χ1n) is 10.7. The van der Waals surface area contributed by atoms with Gasteiger partial charge in [-0.3, -0.25) is 0 Å². The van der Waals surface area contributed by atoms with E-state index in [0.717, 1.165) is 19.0 Å². The van der Waals surface area contributed by atoms with Crippen molar-refractivity contribution in [2.45, 2.75) is 6.04 Å². The fraction of sp³-hybridized carbons (Fsp3) is 0.143. The van der Waals surface area contributed by atoms with Gasteiger partial charge >= 0.3 is 0 Å². The second-order valence-electron chi connectivity index (χ2n) is 7.87. The largest absolute Gasteiger partial charge is 0.497 e. The Morgan fingerprint density at radius 1 is 0.645 bits per heavy atom. The van der Waals surface area contributed by atoms with Crippen LogP contribution in [0.25, 0.3) is 11.1 Å². The third-order valence-electron chi connectivity index (χ3n) is 6.02. The fourth-order valence-electron chi connectivity index (χ4n) is 4.32. The third-order valence-corrected chi connectivity index (χ3v) is 6.02. The van der Waals surface area contributed by atoms with Crippen molar-refractivity contribution in [3.63, 3.8) is 0 Å². The van der Waals surface area contributed by atoms with Gasteiger partial charge in [0.15, 0.2) is 0 Å². The van der Waals surface area contributed by atoms with E-state index < -0.39 is 0 Å². The Morgan fingerprint density at radius 2 is 1.26 bits per heavy atom. The van der Waals surface area contributed by atoms with Gasteiger partial charge in [-0.15, -0.1) is 0 Å². The molecule has 1 unspecified atom stereocenters. The molecule has 3 nitrogen and oxygen atoms in total. The maximum atomic E-state index is 5.36. The highest BCUT2D eigenvalue weighted by Crippen LogP contribution is 2.36. The van der Waals surface area contributed by atoms with Crippen LogP contribution in [0, 0.1) is 0 Å². The lowest BCUT2D eigenvalue weighted by Crippen LogP contribution is -2.26. The van der Waals surface area contributed by atoms with Gasteiger partial charge in [-0.05, 0) is 53.1 Å². The van der Waals surface area contributed by atoms with Crippen molar-refractivity contribution in [1.82, 2.24) is 0 Å². The minimum absolute atomic E-state index is 0.276. The zero-order chi connectivity index (χ0) is 21.0. The molecule has 31 heavy (non-hydrogen) atoms. The van der Waals surface area contributed by atoms with Crippen LogP contribution in [0.15, 0.2) is 109 Å². The molecule has 0 bridgehead atoms. The Hall–Kier alpha value is -3.72. The number of methoxy groups -OCH3 is 1. The number of rotatable bonds is 5. The molecule has 1 heterocycles. The minimum Gasteiger partial charge on any atom is -0.497 e. The van der Waals surface area contributed by atoms with E-state index in [2.05, 4.69) is 107 Å². The summed E-state index contributed by atoms with van der Waals surface area (Å²) in [5, 5.41) is 0. The molecule has 1 atom stereocenters. The van der Waals surface area contributed by atoms with Crippen molar-refractivity contribution >= 4 is 11.4 Å². The second-order valence-corrected chi connectivity index (χ2v) is 7.87. The monoisotopic (exact) mass is 406 g/mol. The molecule has 0 saturated carbocycles. The predicted octanol–water partition coefficient (Wildman–Crippen LogP) is 6.39. The average molecular weight is 407 g/mol. The van der Waals surface area contributed by atoms with Gasteiger partial charge in [0.2, 0.25) is 0 Å². The zero-order valence-electron chi connectivity index (χ0n) is 17.7. The Bertz CT molecular complexity index is 1110. The number of benzene rings is 4. The predicted molar refractivity (Wildman–Crippen MR) is 129 cm³/mol. The van der Waals surface area contributed by atoms with E-state index in [1.54, 1.807) is 7.11 Å².